The van der Waals surface area contributed by atoms with Crippen molar-refractivity contribution in [2.75, 3.05) is 27.3 Å². The van der Waals surface area contributed by atoms with Crippen molar-refractivity contribution >= 4 is 23.4 Å². The van der Waals surface area contributed by atoms with Gasteiger partial charge in [0, 0.05) is 13.1 Å². The molecule has 2 rings (SSSR count). The minimum atomic E-state index is -0.273. The van der Waals surface area contributed by atoms with Gasteiger partial charge in [-0.25, -0.2) is 0 Å². The average Bonchev–Trinajstić information content (AvgIpc) is 2.65. The third-order valence-electron chi connectivity index (χ3n) is 3.66. The van der Waals surface area contributed by atoms with Crippen LogP contribution in [0.5, 0.6) is 11.5 Å². The van der Waals surface area contributed by atoms with E-state index in [-0.39, 0.29) is 18.2 Å². The Morgan fingerprint density at radius 3 is 2.35 bits per heavy atom. The fourth-order valence-electron chi connectivity index (χ4n) is 2.36. The van der Waals surface area contributed by atoms with E-state index in [2.05, 4.69) is 10.6 Å². The van der Waals surface area contributed by atoms with E-state index in [4.69, 9.17) is 21.1 Å². The molecule has 2 amide bonds. The summed E-state index contributed by atoms with van der Waals surface area (Å²) >= 11 is 5.97. The van der Waals surface area contributed by atoms with Crippen LogP contribution >= 0.6 is 11.6 Å². The number of carbonyl (C=O) groups excluding carboxylic acids is 2. The Morgan fingerprint density at radius 2 is 1.65 bits per heavy atom. The molecule has 0 aromatic heterocycles. The number of carbonyl (C=O) groups is 2. The molecular formula is C19H21ClN2O4. The lowest BCUT2D eigenvalue weighted by atomic mass is 10.1. The van der Waals surface area contributed by atoms with Crippen molar-refractivity contribution in [2.24, 2.45) is 0 Å². The van der Waals surface area contributed by atoms with Gasteiger partial charge < -0.3 is 20.1 Å². The van der Waals surface area contributed by atoms with Crippen molar-refractivity contribution in [1.29, 1.82) is 0 Å². The Balaban J connectivity index is 1.77. The van der Waals surface area contributed by atoms with Crippen LogP contribution in [-0.4, -0.2) is 39.1 Å². The minimum absolute atomic E-state index is 0.149. The fraction of sp³-hybridized carbons (Fsp3) is 0.263. The Morgan fingerprint density at radius 1 is 0.962 bits per heavy atom. The van der Waals surface area contributed by atoms with Crippen LogP contribution in [0.15, 0.2) is 42.5 Å². The maximum atomic E-state index is 12.0. The molecule has 0 bridgehead atoms. The molecule has 0 atom stereocenters. The Labute approximate surface area is 157 Å². The van der Waals surface area contributed by atoms with E-state index >= 15 is 0 Å². The highest BCUT2D eigenvalue weighted by molar-refractivity contribution is 6.33. The first-order chi connectivity index (χ1) is 12.5. The van der Waals surface area contributed by atoms with Crippen molar-refractivity contribution in [3.05, 3.63) is 58.6 Å². The first kappa shape index (κ1) is 19.6. The predicted molar refractivity (Wildman–Crippen MR) is 100 cm³/mol. The second-order valence-electron chi connectivity index (χ2n) is 5.45. The quantitative estimate of drug-likeness (QED) is 0.694. The van der Waals surface area contributed by atoms with Gasteiger partial charge in [0.05, 0.1) is 31.2 Å². The van der Waals surface area contributed by atoms with E-state index in [1.54, 1.807) is 56.7 Å². The fourth-order valence-corrected chi connectivity index (χ4v) is 2.58. The highest BCUT2D eigenvalue weighted by atomic mass is 35.5. The van der Waals surface area contributed by atoms with Crippen LogP contribution in [0.3, 0.4) is 0 Å². The molecule has 0 saturated heterocycles. The van der Waals surface area contributed by atoms with Gasteiger partial charge >= 0.3 is 0 Å². The molecule has 0 saturated carbocycles. The van der Waals surface area contributed by atoms with Gasteiger partial charge in [0.1, 0.15) is 0 Å². The smallest absolute Gasteiger partial charge is 0.252 e. The van der Waals surface area contributed by atoms with Gasteiger partial charge in [-0.05, 0) is 29.8 Å². The second-order valence-corrected chi connectivity index (χ2v) is 5.86. The maximum absolute atomic E-state index is 12.0. The minimum Gasteiger partial charge on any atom is -0.493 e. The molecule has 0 aliphatic carbocycles. The molecule has 0 radical (unpaired) electrons. The number of methoxy groups -OCH3 is 2. The largest absolute Gasteiger partial charge is 0.493 e. The van der Waals surface area contributed by atoms with Crippen LogP contribution in [-0.2, 0) is 11.2 Å². The molecule has 2 N–H and O–H groups in total. The molecule has 0 aliphatic heterocycles. The lowest BCUT2D eigenvalue weighted by molar-refractivity contribution is -0.120. The van der Waals surface area contributed by atoms with Crippen LogP contribution in [0.25, 0.3) is 0 Å². The summed E-state index contributed by atoms with van der Waals surface area (Å²) in [5.41, 5.74) is 1.21. The molecule has 7 heteroatoms. The van der Waals surface area contributed by atoms with Gasteiger partial charge in [-0.1, -0.05) is 29.8 Å². The van der Waals surface area contributed by atoms with E-state index in [0.29, 0.717) is 35.2 Å². The van der Waals surface area contributed by atoms with Gasteiger partial charge in [0.2, 0.25) is 5.91 Å². The number of ether oxygens (including phenoxy) is 2. The molecule has 2 aromatic carbocycles. The number of rotatable bonds is 8. The lowest BCUT2D eigenvalue weighted by Gasteiger charge is -2.10. The molecular weight excluding hydrogens is 356 g/mol. The zero-order valence-electron chi connectivity index (χ0n) is 14.7. The van der Waals surface area contributed by atoms with Crippen molar-refractivity contribution in [3.8, 4) is 11.5 Å². The van der Waals surface area contributed by atoms with E-state index in [9.17, 15) is 9.59 Å². The highest BCUT2D eigenvalue weighted by Crippen LogP contribution is 2.27. The molecule has 0 spiro atoms. The zero-order valence-corrected chi connectivity index (χ0v) is 15.4. The summed E-state index contributed by atoms with van der Waals surface area (Å²) in [4.78, 5) is 24.0. The number of amides is 2. The maximum Gasteiger partial charge on any atom is 0.252 e. The topological polar surface area (TPSA) is 76.7 Å². The predicted octanol–water partition coefficient (Wildman–Crippen LogP) is 2.45. The van der Waals surface area contributed by atoms with Crippen molar-refractivity contribution in [2.45, 2.75) is 6.42 Å². The van der Waals surface area contributed by atoms with Gasteiger partial charge in [0.15, 0.2) is 11.5 Å². The first-order valence-electron chi connectivity index (χ1n) is 8.05. The van der Waals surface area contributed by atoms with Crippen LogP contribution < -0.4 is 20.1 Å². The second kappa shape index (κ2) is 9.68. The zero-order chi connectivity index (χ0) is 18.9. The lowest BCUT2D eigenvalue weighted by Crippen LogP contribution is -2.35. The Bertz CT molecular complexity index is 780. The van der Waals surface area contributed by atoms with Crippen LogP contribution in [0.2, 0.25) is 5.02 Å². The molecule has 0 aliphatic rings. The number of halogens is 1. The van der Waals surface area contributed by atoms with Crippen molar-refractivity contribution in [1.82, 2.24) is 10.6 Å². The summed E-state index contributed by atoms with van der Waals surface area (Å²) in [5.74, 6) is 0.762. The highest BCUT2D eigenvalue weighted by Gasteiger charge is 2.10. The van der Waals surface area contributed by atoms with Crippen LogP contribution in [0.4, 0.5) is 0 Å². The standard InChI is InChI=1S/C19H21ClN2O4/c1-25-16-8-7-13(11-17(16)26-2)12-18(23)21-9-10-22-19(24)14-5-3-4-6-15(14)20/h3-8,11H,9-10,12H2,1-2H3,(H,21,23)(H,22,24). The molecule has 6 nitrogen and oxygen atoms in total. The third-order valence-corrected chi connectivity index (χ3v) is 3.99. The summed E-state index contributed by atoms with van der Waals surface area (Å²) in [6, 6.07) is 12.1. The summed E-state index contributed by atoms with van der Waals surface area (Å²) in [6.07, 6.45) is 0.207. The average molecular weight is 377 g/mol. The monoisotopic (exact) mass is 376 g/mol. The summed E-state index contributed by atoms with van der Waals surface area (Å²) in [7, 11) is 3.10. The number of hydrogen-bond acceptors (Lipinski definition) is 4. The molecule has 0 fully saturated rings. The summed E-state index contributed by atoms with van der Waals surface area (Å²) in [5, 5.41) is 5.87. The van der Waals surface area contributed by atoms with Crippen LogP contribution in [0, 0.1) is 0 Å². The first-order valence-corrected chi connectivity index (χ1v) is 8.43. The Kier molecular flexibility index (Phi) is 7.29. The molecule has 138 valence electrons. The van der Waals surface area contributed by atoms with E-state index < -0.39 is 0 Å². The van der Waals surface area contributed by atoms with E-state index in [0.717, 1.165) is 5.56 Å². The van der Waals surface area contributed by atoms with Gasteiger partial charge in [-0.15, -0.1) is 0 Å². The summed E-state index contributed by atoms with van der Waals surface area (Å²) < 4.78 is 10.4. The number of hydrogen-bond donors (Lipinski definition) is 2. The third kappa shape index (κ3) is 5.39. The van der Waals surface area contributed by atoms with Crippen LogP contribution in [0.1, 0.15) is 15.9 Å². The van der Waals surface area contributed by atoms with Gasteiger partial charge in [-0.3, -0.25) is 9.59 Å². The SMILES string of the molecule is COc1ccc(CC(=O)NCCNC(=O)c2ccccc2Cl)cc1OC. The number of nitrogens with one attached hydrogen (secondary N) is 2. The van der Waals surface area contributed by atoms with E-state index in [1.807, 2.05) is 0 Å². The Hall–Kier alpha value is -2.73. The van der Waals surface area contributed by atoms with Gasteiger partial charge in [-0.2, -0.15) is 0 Å². The molecule has 26 heavy (non-hydrogen) atoms. The molecule has 2 aromatic rings. The summed E-state index contributed by atoms with van der Waals surface area (Å²) in [6.45, 7) is 0.629. The van der Waals surface area contributed by atoms with Crippen molar-refractivity contribution < 1.29 is 19.1 Å². The number of benzene rings is 2. The molecule has 0 heterocycles. The van der Waals surface area contributed by atoms with Crippen molar-refractivity contribution in [3.63, 3.8) is 0 Å². The van der Waals surface area contributed by atoms with Gasteiger partial charge in [0.25, 0.3) is 5.91 Å². The van der Waals surface area contributed by atoms with E-state index in [1.165, 1.54) is 0 Å². The molecule has 0 unspecified atom stereocenters. The normalized spacial score (nSPS) is 10.1.